The lowest BCUT2D eigenvalue weighted by atomic mass is 10.1. The molecule has 2 aromatic carbocycles. The third-order valence-corrected chi connectivity index (χ3v) is 4.75. The molecule has 0 saturated heterocycles. The van der Waals surface area contributed by atoms with Crippen LogP contribution in [-0.2, 0) is 4.79 Å². The van der Waals surface area contributed by atoms with Gasteiger partial charge in [0.15, 0.2) is 5.96 Å². The number of hydrogen-bond acceptors (Lipinski definition) is 6. The Kier molecular flexibility index (Phi) is 9.30. The Morgan fingerprint density at radius 3 is 2.52 bits per heavy atom. The van der Waals surface area contributed by atoms with Crippen LogP contribution in [-0.4, -0.2) is 59.8 Å². The molecule has 12 nitrogen and oxygen atoms in total. The number of guanidine groups is 1. The number of aliphatic imine (C=N–C) groups is 1. The maximum Gasteiger partial charge on any atom is 0.328 e. The standard InChI is InChI=1S/C20H23BrN6O6/c21-13-3-1-2-4-14(13)26-20(32)27-15(18(30)31)10-25-17(29)12-6-5-11(9-16(12)28)33-8-7-24-19(22)23/h1-6,9,15,28H,7-8,10H2,(H,25,29)(H,30,31)(H4,22,23,24)(H2,26,27,32)/t15-/m0/s1. The fourth-order valence-corrected chi connectivity index (χ4v) is 2.88. The van der Waals surface area contributed by atoms with Crippen LogP contribution in [0.1, 0.15) is 10.4 Å². The van der Waals surface area contributed by atoms with Crippen molar-refractivity contribution in [3.05, 3.63) is 52.5 Å². The fraction of sp³-hybridized carbons (Fsp3) is 0.200. The number of rotatable bonds is 10. The van der Waals surface area contributed by atoms with Crippen molar-refractivity contribution >= 4 is 45.5 Å². The number of halogens is 1. The molecule has 0 unspecified atom stereocenters. The van der Waals surface area contributed by atoms with E-state index in [0.717, 1.165) is 0 Å². The first kappa shape index (κ1) is 25.3. The lowest BCUT2D eigenvalue weighted by molar-refractivity contribution is -0.138. The van der Waals surface area contributed by atoms with Crippen molar-refractivity contribution in [3.63, 3.8) is 0 Å². The van der Waals surface area contributed by atoms with Gasteiger partial charge in [0, 0.05) is 17.1 Å². The number of urea groups is 1. The number of ether oxygens (including phenoxy) is 1. The number of amides is 3. The molecule has 0 heterocycles. The molecular formula is C20H23BrN6O6. The lowest BCUT2D eigenvalue weighted by Crippen LogP contribution is -2.49. The second-order valence-corrected chi connectivity index (χ2v) is 7.37. The molecule has 1 atom stereocenters. The van der Waals surface area contributed by atoms with E-state index in [4.69, 9.17) is 16.2 Å². The molecule has 0 radical (unpaired) electrons. The molecule has 3 amide bonds. The van der Waals surface area contributed by atoms with Gasteiger partial charge < -0.3 is 42.4 Å². The van der Waals surface area contributed by atoms with Crippen molar-refractivity contribution in [2.75, 3.05) is 25.0 Å². The first-order valence-electron chi connectivity index (χ1n) is 9.51. The van der Waals surface area contributed by atoms with Crippen LogP contribution < -0.4 is 32.2 Å². The van der Waals surface area contributed by atoms with Gasteiger partial charge in [0.2, 0.25) is 0 Å². The summed E-state index contributed by atoms with van der Waals surface area (Å²) < 4.78 is 5.97. The van der Waals surface area contributed by atoms with Crippen LogP contribution in [0.25, 0.3) is 0 Å². The van der Waals surface area contributed by atoms with Crippen molar-refractivity contribution in [1.82, 2.24) is 10.6 Å². The third-order valence-electron chi connectivity index (χ3n) is 4.06. The largest absolute Gasteiger partial charge is 0.507 e. The summed E-state index contributed by atoms with van der Waals surface area (Å²) in [5.41, 5.74) is 10.7. The third kappa shape index (κ3) is 8.22. The molecule has 0 aromatic heterocycles. The second-order valence-electron chi connectivity index (χ2n) is 6.51. The van der Waals surface area contributed by atoms with E-state index in [0.29, 0.717) is 10.2 Å². The minimum atomic E-state index is -1.42. The molecule has 2 aromatic rings. The summed E-state index contributed by atoms with van der Waals surface area (Å²) in [6.45, 7) is -0.0616. The van der Waals surface area contributed by atoms with Gasteiger partial charge in [-0.05, 0) is 40.2 Å². The average molecular weight is 523 g/mol. The van der Waals surface area contributed by atoms with E-state index < -0.39 is 30.5 Å². The molecule has 0 aliphatic carbocycles. The number of carbonyl (C=O) groups is 3. The topological polar surface area (TPSA) is 201 Å². The maximum absolute atomic E-state index is 12.4. The zero-order chi connectivity index (χ0) is 24.4. The molecule has 9 N–H and O–H groups in total. The number of aliphatic carboxylic acids is 1. The SMILES string of the molecule is NC(N)=NCCOc1ccc(C(=O)NC[C@H](NC(=O)Nc2ccccc2Br)C(=O)O)c(O)c1. The Morgan fingerprint density at radius 2 is 1.88 bits per heavy atom. The molecule has 0 aliphatic heterocycles. The van der Waals surface area contributed by atoms with Gasteiger partial charge in [-0.1, -0.05) is 12.1 Å². The fourth-order valence-electron chi connectivity index (χ4n) is 2.50. The van der Waals surface area contributed by atoms with Crippen molar-refractivity contribution in [3.8, 4) is 11.5 Å². The average Bonchev–Trinajstić information content (AvgIpc) is 2.75. The number of phenols is 1. The van der Waals surface area contributed by atoms with Gasteiger partial charge in [-0.3, -0.25) is 9.79 Å². The number of carbonyl (C=O) groups excluding carboxylic acids is 2. The summed E-state index contributed by atoms with van der Waals surface area (Å²) in [6.07, 6.45) is 0. The number of hydrogen-bond donors (Lipinski definition) is 7. The molecule has 0 aliphatic rings. The molecule has 0 saturated carbocycles. The van der Waals surface area contributed by atoms with Gasteiger partial charge in [0.1, 0.15) is 24.1 Å². The molecule has 13 heteroatoms. The summed E-state index contributed by atoms with van der Waals surface area (Å²) >= 11 is 3.27. The quantitative estimate of drug-likeness (QED) is 0.135. The second kappa shape index (κ2) is 12.1. The molecular weight excluding hydrogens is 500 g/mol. The number of nitrogens with one attached hydrogen (secondary N) is 3. The number of anilines is 1. The highest BCUT2D eigenvalue weighted by molar-refractivity contribution is 9.10. The number of aromatic hydroxyl groups is 1. The minimum Gasteiger partial charge on any atom is -0.507 e. The first-order chi connectivity index (χ1) is 15.7. The zero-order valence-corrected chi connectivity index (χ0v) is 18.8. The van der Waals surface area contributed by atoms with Crippen molar-refractivity contribution in [2.45, 2.75) is 6.04 Å². The van der Waals surface area contributed by atoms with E-state index in [2.05, 4.69) is 36.9 Å². The van der Waals surface area contributed by atoms with Crippen molar-refractivity contribution in [1.29, 1.82) is 0 Å². The van der Waals surface area contributed by atoms with E-state index in [1.807, 2.05) is 0 Å². The van der Waals surface area contributed by atoms with Gasteiger partial charge in [0.25, 0.3) is 5.91 Å². The number of phenolic OH excluding ortho intramolecular Hbond substituents is 1. The molecule has 0 spiro atoms. The molecule has 2 rings (SSSR count). The highest BCUT2D eigenvalue weighted by Crippen LogP contribution is 2.23. The predicted octanol–water partition coefficient (Wildman–Crippen LogP) is 0.812. The van der Waals surface area contributed by atoms with E-state index >= 15 is 0 Å². The number of nitrogens with zero attached hydrogens (tertiary/aromatic N) is 1. The van der Waals surface area contributed by atoms with E-state index in [1.54, 1.807) is 24.3 Å². The van der Waals surface area contributed by atoms with Gasteiger partial charge in [0.05, 0.1) is 17.8 Å². The summed E-state index contributed by atoms with van der Waals surface area (Å²) in [5.74, 6) is -2.26. The van der Waals surface area contributed by atoms with Crippen LogP contribution in [0.2, 0.25) is 0 Å². The van der Waals surface area contributed by atoms with Crippen LogP contribution in [0.4, 0.5) is 10.5 Å². The number of nitrogens with two attached hydrogens (primary N) is 2. The van der Waals surface area contributed by atoms with E-state index in [9.17, 15) is 24.6 Å². The number of para-hydroxylation sites is 1. The van der Waals surface area contributed by atoms with E-state index in [-0.39, 0.29) is 36.2 Å². The van der Waals surface area contributed by atoms with Gasteiger partial charge >= 0.3 is 12.0 Å². The van der Waals surface area contributed by atoms with Crippen molar-refractivity contribution in [2.24, 2.45) is 16.5 Å². The smallest absolute Gasteiger partial charge is 0.328 e. The van der Waals surface area contributed by atoms with Crippen molar-refractivity contribution < 1.29 is 29.3 Å². The number of benzene rings is 2. The molecule has 176 valence electrons. The minimum absolute atomic E-state index is 0.0759. The summed E-state index contributed by atoms with van der Waals surface area (Å²) in [6, 6.07) is 8.57. The van der Waals surface area contributed by atoms with E-state index in [1.165, 1.54) is 18.2 Å². The number of carboxylic acid groups (broad SMARTS) is 1. The van der Waals surface area contributed by atoms with Gasteiger partial charge in [-0.2, -0.15) is 0 Å². The predicted molar refractivity (Wildman–Crippen MR) is 124 cm³/mol. The maximum atomic E-state index is 12.4. The van der Waals surface area contributed by atoms with Crippen LogP contribution in [0, 0.1) is 0 Å². The lowest BCUT2D eigenvalue weighted by Gasteiger charge is -2.17. The van der Waals surface area contributed by atoms with Gasteiger partial charge in [-0.15, -0.1) is 0 Å². The Balaban J connectivity index is 1.92. The Labute approximate surface area is 197 Å². The molecule has 0 fully saturated rings. The molecule has 33 heavy (non-hydrogen) atoms. The number of carboxylic acids is 1. The first-order valence-corrected chi connectivity index (χ1v) is 10.3. The Hall–Kier alpha value is -4.00. The Bertz CT molecular complexity index is 1040. The summed E-state index contributed by atoms with van der Waals surface area (Å²) in [4.78, 5) is 39.7. The summed E-state index contributed by atoms with van der Waals surface area (Å²) in [5, 5.41) is 26.6. The zero-order valence-electron chi connectivity index (χ0n) is 17.2. The molecule has 0 bridgehead atoms. The normalized spacial score (nSPS) is 11.1. The highest BCUT2D eigenvalue weighted by Gasteiger charge is 2.22. The van der Waals surface area contributed by atoms with Crippen LogP contribution in [0.15, 0.2) is 51.9 Å². The van der Waals surface area contributed by atoms with Crippen LogP contribution in [0.5, 0.6) is 11.5 Å². The monoisotopic (exact) mass is 522 g/mol. The summed E-state index contributed by atoms with van der Waals surface area (Å²) in [7, 11) is 0. The Morgan fingerprint density at radius 1 is 1.15 bits per heavy atom. The van der Waals surface area contributed by atoms with Crippen LogP contribution >= 0.6 is 15.9 Å². The van der Waals surface area contributed by atoms with Crippen LogP contribution in [0.3, 0.4) is 0 Å². The highest BCUT2D eigenvalue weighted by atomic mass is 79.9. The van der Waals surface area contributed by atoms with Gasteiger partial charge in [-0.25, -0.2) is 9.59 Å².